The van der Waals surface area contributed by atoms with E-state index in [9.17, 15) is 4.79 Å². The maximum Gasteiger partial charge on any atom is 0.174 e. The summed E-state index contributed by atoms with van der Waals surface area (Å²) in [5, 5.41) is 0. The lowest BCUT2D eigenvalue weighted by Crippen LogP contribution is -1.93. The van der Waals surface area contributed by atoms with Crippen molar-refractivity contribution < 1.29 is 4.79 Å². The Morgan fingerprint density at radius 2 is 1.92 bits per heavy atom. The molecule has 0 aliphatic carbocycles. The molecule has 1 heterocycles. The Morgan fingerprint density at radius 1 is 1.25 bits per heavy atom. The van der Waals surface area contributed by atoms with Crippen LogP contribution in [0.15, 0.2) is 29.2 Å². The van der Waals surface area contributed by atoms with Gasteiger partial charge in [0.2, 0.25) is 0 Å². The predicted molar refractivity (Wildman–Crippen MR) is 52.8 cm³/mol. The molecule has 1 aromatic rings. The molecule has 0 radical (unpaired) electrons. The van der Waals surface area contributed by atoms with Crippen LogP contribution in [0.1, 0.15) is 24.2 Å². The van der Waals surface area contributed by atoms with Gasteiger partial charge in [0.15, 0.2) is 5.78 Å². The Hall–Kier alpha value is -0.760. The highest BCUT2D eigenvalue weighted by Gasteiger charge is 2.18. The van der Waals surface area contributed by atoms with Crippen molar-refractivity contribution in [2.75, 3.05) is 5.75 Å². The predicted octanol–water partition coefficient (Wildman–Crippen LogP) is 3.00. The van der Waals surface area contributed by atoms with Crippen molar-refractivity contribution in [3.63, 3.8) is 0 Å². The smallest absolute Gasteiger partial charge is 0.174 e. The molecular weight excluding hydrogens is 168 g/mol. The molecule has 2 rings (SSSR count). The van der Waals surface area contributed by atoms with Crippen molar-refractivity contribution >= 4 is 17.5 Å². The fourth-order valence-corrected chi connectivity index (χ4v) is 2.00. The summed E-state index contributed by atoms with van der Waals surface area (Å²) in [6, 6.07) is 7.75. The van der Waals surface area contributed by atoms with Crippen LogP contribution in [0.3, 0.4) is 0 Å². The van der Waals surface area contributed by atoms with Gasteiger partial charge in [0.25, 0.3) is 0 Å². The molecule has 0 saturated carbocycles. The zero-order chi connectivity index (χ0) is 8.97. The molecule has 0 bridgehead atoms. The van der Waals surface area contributed by atoms with E-state index in [2.05, 4.69) is 0 Å². The van der Waals surface area contributed by atoms with E-state index in [1.165, 1.54) is 0 Å². The van der Waals surface area contributed by atoms with Crippen molar-refractivity contribution in [1.29, 1.82) is 0 Å². The monoisotopic (exact) mass is 180 g/mol. The van der Waals surface area contributed by atoms with Crippen LogP contribution in [-0.2, 0) is 0 Å². The second-order valence-electron chi connectivity index (χ2n) is 2.21. The Kier molecular flexibility index (Phi) is 3.35. The molecule has 0 aromatic heterocycles. The van der Waals surface area contributed by atoms with Crippen LogP contribution in [0.25, 0.3) is 0 Å². The van der Waals surface area contributed by atoms with Crippen molar-refractivity contribution in [2.45, 2.75) is 18.7 Å². The topological polar surface area (TPSA) is 17.1 Å². The van der Waals surface area contributed by atoms with E-state index in [0.717, 1.165) is 10.5 Å². The van der Waals surface area contributed by atoms with Gasteiger partial charge in [-0.15, -0.1) is 11.8 Å². The molecule has 1 aromatic carbocycles. The molecular formula is C10H12OS. The third-order valence-corrected chi connectivity index (χ3v) is 2.62. The highest BCUT2D eigenvalue weighted by molar-refractivity contribution is 8.00. The van der Waals surface area contributed by atoms with Crippen LogP contribution in [0.4, 0.5) is 0 Å². The number of rotatable bonds is 0. The fraction of sp³-hybridized carbons (Fsp3) is 0.300. The number of hydrogen-bond acceptors (Lipinski definition) is 2. The van der Waals surface area contributed by atoms with Gasteiger partial charge in [-0.1, -0.05) is 32.0 Å². The van der Waals surface area contributed by atoms with Gasteiger partial charge < -0.3 is 0 Å². The van der Waals surface area contributed by atoms with Gasteiger partial charge >= 0.3 is 0 Å². The summed E-state index contributed by atoms with van der Waals surface area (Å²) in [5.41, 5.74) is 0.896. The minimum Gasteiger partial charge on any atom is -0.293 e. The number of benzene rings is 1. The molecule has 0 saturated heterocycles. The van der Waals surface area contributed by atoms with Crippen molar-refractivity contribution in [1.82, 2.24) is 0 Å². The molecule has 1 aliphatic rings. The standard InChI is InChI=1S/C8H6OS.C2H6/c9-7-5-10-8-4-2-1-3-6(7)8;1-2/h1-4H,5H2;1-2H3. The Bertz CT molecular complexity index is 281. The maximum absolute atomic E-state index is 11.0. The number of carbonyl (C=O) groups excluding carboxylic acids is 1. The van der Waals surface area contributed by atoms with Gasteiger partial charge in [0, 0.05) is 10.5 Å². The van der Waals surface area contributed by atoms with E-state index in [1.807, 2.05) is 38.1 Å². The van der Waals surface area contributed by atoms with Crippen LogP contribution < -0.4 is 0 Å². The first-order valence-corrected chi connectivity index (χ1v) is 5.11. The Labute approximate surface area is 77.2 Å². The first-order valence-electron chi connectivity index (χ1n) is 4.13. The summed E-state index contributed by atoms with van der Waals surface area (Å²) >= 11 is 1.63. The van der Waals surface area contributed by atoms with Gasteiger partial charge in [0.05, 0.1) is 5.75 Å². The van der Waals surface area contributed by atoms with E-state index < -0.39 is 0 Å². The third-order valence-electron chi connectivity index (χ3n) is 1.55. The minimum atomic E-state index is 0.264. The molecule has 12 heavy (non-hydrogen) atoms. The zero-order valence-corrected chi connectivity index (χ0v) is 8.15. The van der Waals surface area contributed by atoms with Crippen molar-refractivity contribution in [3.8, 4) is 0 Å². The lowest BCUT2D eigenvalue weighted by molar-refractivity contribution is 0.102. The van der Waals surface area contributed by atoms with Gasteiger partial charge in [0.1, 0.15) is 0 Å². The second-order valence-corrected chi connectivity index (χ2v) is 3.23. The maximum atomic E-state index is 11.0. The average Bonchev–Trinajstić information content (AvgIpc) is 2.53. The molecule has 0 atom stereocenters. The van der Waals surface area contributed by atoms with Crippen LogP contribution in [-0.4, -0.2) is 11.5 Å². The van der Waals surface area contributed by atoms with Crippen LogP contribution >= 0.6 is 11.8 Å². The van der Waals surface area contributed by atoms with Crippen molar-refractivity contribution in [3.05, 3.63) is 29.8 Å². The quantitative estimate of drug-likeness (QED) is 0.610. The van der Waals surface area contributed by atoms with Gasteiger partial charge in [-0.05, 0) is 6.07 Å². The third kappa shape index (κ3) is 1.69. The number of ketones is 1. The first-order chi connectivity index (χ1) is 5.88. The van der Waals surface area contributed by atoms with E-state index in [0.29, 0.717) is 5.75 Å². The average molecular weight is 180 g/mol. The minimum absolute atomic E-state index is 0.264. The molecule has 0 spiro atoms. The van der Waals surface area contributed by atoms with E-state index in [4.69, 9.17) is 0 Å². The van der Waals surface area contributed by atoms with Gasteiger partial charge in [-0.2, -0.15) is 0 Å². The van der Waals surface area contributed by atoms with E-state index in [1.54, 1.807) is 11.8 Å². The summed E-state index contributed by atoms with van der Waals surface area (Å²) < 4.78 is 0. The molecule has 64 valence electrons. The number of fused-ring (bicyclic) bond motifs is 1. The zero-order valence-electron chi connectivity index (χ0n) is 7.33. The lowest BCUT2D eigenvalue weighted by Gasteiger charge is -1.90. The molecule has 0 unspecified atom stereocenters. The molecule has 0 fully saturated rings. The molecule has 1 aliphatic heterocycles. The lowest BCUT2D eigenvalue weighted by atomic mass is 10.2. The molecule has 0 amide bonds. The number of Topliss-reactive ketones (excluding diaryl/α,β-unsaturated/α-hetero) is 1. The fourth-order valence-electron chi connectivity index (χ4n) is 1.04. The van der Waals surface area contributed by atoms with Crippen LogP contribution in [0.2, 0.25) is 0 Å². The summed E-state index contributed by atoms with van der Waals surface area (Å²) in [6.07, 6.45) is 0. The van der Waals surface area contributed by atoms with Crippen LogP contribution in [0.5, 0.6) is 0 Å². The van der Waals surface area contributed by atoms with Gasteiger partial charge in [-0.25, -0.2) is 0 Å². The first kappa shape index (κ1) is 9.33. The van der Waals surface area contributed by atoms with Gasteiger partial charge in [-0.3, -0.25) is 4.79 Å². The second kappa shape index (κ2) is 4.31. The number of thioether (sulfide) groups is 1. The highest BCUT2D eigenvalue weighted by atomic mass is 32.2. The Morgan fingerprint density at radius 3 is 2.58 bits per heavy atom. The van der Waals surface area contributed by atoms with Crippen molar-refractivity contribution in [2.24, 2.45) is 0 Å². The van der Waals surface area contributed by atoms with E-state index in [-0.39, 0.29) is 5.78 Å². The number of hydrogen-bond donors (Lipinski definition) is 0. The SMILES string of the molecule is CC.O=C1CSc2ccccc21. The summed E-state index contributed by atoms with van der Waals surface area (Å²) in [6.45, 7) is 4.00. The number of carbonyl (C=O) groups is 1. The normalized spacial score (nSPS) is 13.3. The van der Waals surface area contributed by atoms with Crippen LogP contribution in [0, 0.1) is 0 Å². The summed E-state index contributed by atoms with van der Waals surface area (Å²) in [7, 11) is 0. The largest absolute Gasteiger partial charge is 0.293 e. The Balaban J connectivity index is 0.000000336. The molecule has 0 N–H and O–H groups in total. The highest BCUT2D eigenvalue weighted by Crippen LogP contribution is 2.30. The summed E-state index contributed by atoms with van der Waals surface area (Å²) in [5.74, 6) is 0.889. The molecule has 1 nitrogen and oxygen atoms in total. The molecule has 2 heteroatoms. The van der Waals surface area contributed by atoms with E-state index >= 15 is 0 Å². The summed E-state index contributed by atoms with van der Waals surface area (Å²) in [4.78, 5) is 12.2.